The first kappa shape index (κ1) is 15.3. The quantitative estimate of drug-likeness (QED) is 0.763. The van der Waals surface area contributed by atoms with Crippen molar-refractivity contribution in [3.8, 4) is 0 Å². The van der Waals surface area contributed by atoms with Crippen LogP contribution in [0.4, 0.5) is 0 Å². The van der Waals surface area contributed by atoms with E-state index in [1.54, 1.807) is 0 Å². The highest BCUT2D eigenvalue weighted by Gasteiger charge is 2.48. The lowest BCUT2D eigenvalue weighted by molar-refractivity contribution is -0.127. The van der Waals surface area contributed by atoms with Gasteiger partial charge in [-0.15, -0.1) is 0 Å². The zero-order valence-corrected chi connectivity index (χ0v) is 13.2. The van der Waals surface area contributed by atoms with Crippen molar-refractivity contribution in [1.29, 1.82) is 0 Å². The molecule has 0 heterocycles. The zero-order valence-electron chi connectivity index (χ0n) is 13.2. The van der Waals surface area contributed by atoms with E-state index >= 15 is 0 Å². The predicted molar refractivity (Wildman–Crippen MR) is 82.7 cm³/mol. The Hall–Kier alpha value is -0.610. The lowest BCUT2D eigenvalue weighted by Gasteiger charge is -2.29. The van der Waals surface area contributed by atoms with Gasteiger partial charge in [-0.3, -0.25) is 4.79 Å². The van der Waals surface area contributed by atoms with E-state index in [9.17, 15) is 4.79 Å². The van der Waals surface area contributed by atoms with Gasteiger partial charge in [0.05, 0.1) is 18.6 Å². The van der Waals surface area contributed by atoms with Crippen LogP contribution < -0.4 is 11.1 Å². The number of ether oxygens (including phenoxy) is 1. The molecule has 3 saturated carbocycles. The second-order valence-electron chi connectivity index (χ2n) is 7.40. The first-order valence-electron chi connectivity index (χ1n) is 8.81. The first-order valence-corrected chi connectivity index (χ1v) is 8.81. The summed E-state index contributed by atoms with van der Waals surface area (Å²) in [4.78, 5) is 12.3. The number of hydrogen-bond donors (Lipinski definition) is 2. The Morgan fingerprint density at radius 3 is 2.67 bits per heavy atom. The topological polar surface area (TPSA) is 64.3 Å². The lowest BCUT2D eigenvalue weighted by atomic mass is 9.84. The van der Waals surface area contributed by atoms with Crippen molar-refractivity contribution in [2.45, 2.75) is 64.0 Å². The first-order chi connectivity index (χ1) is 10.2. The maximum absolute atomic E-state index is 12.3. The largest absolute Gasteiger partial charge is 0.376 e. The van der Waals surface area contributed by atoms with Crippen LogP contribution >= 0.6 is 0 Å². The van der Waals surface area contributed by atoms with Crippen LogP contribution in [-0.2, 0) is 9.53 Å². The minimum Gasteiger partial charge on any atom is -0.376 e. The van der Waals surface area contributed by atoms with E-state index in [0.29, 0.717) is 37.0 Å². The monoisotopic (exact) mass is 294 g/mol. The molecule has 0 aromatic carbocycles. The molecule has 0 saturated heterocycles. The van der Waals surface area contributed by atoms with Gasteiger partial charge < -0.3 is 15.8 Å². The maximum atomic E-state index is 12.3. The summed E-state index contributed by atoms with van der Waals surface area (Å²) in [6.07, 6.45) is 9.02. The van der Waals surface area contributed by atoms with Gasteiger partial charge in [-0.05, 0) is 49.9 Å². The van der Waals surface area contributed by atoms with E-state index in [1.165, 1.54) is 38.5 Å². The molecule has 0 aromatic rings. The van der Waals surface area contributed by atoms with Gasteiger partial charge in [-0.1, -0.05) is 19.8 Å². The van der Waals surface area contributed by atoms with Gasteiger partial charge in [0.15, 0.2) is 0 Å². The van der Waals surface area contributed by atoms with Crippen molar-refractivity contribution < 1.29 is 9.53 Å². The second-order valence-corrected chi connectivity index (χ2v) is 7.40. The van der Waals surface area contributed by atoms with Crippen molar-refractivity contribution in [1.82, 2.24) is 5.32 Å². The minimum absolute atomic E-state index is 0.0531. The lowest BCUT2D eigenvalue weighted by Crippen LogP contribution is -2.46. The maximum Gasteiger partial charge on any atom is 0.225 e. The minimum atomic E-state index is 0.0531. The van der Waals surface area contributed by atoms with Gasteiger partial charge in [-0.2, -0.15) is 0 Å². The van der Waals surface area contributed by atoms with Gasteiger partial charge in [0.2, 0.25) is 5.91 Å². The van der Waals surface area contributed by atoms with Crippen molar-refractivity contribution >= 4 is 5.91 Å². The summed E-state index contributed by atoms with van der Waals surface area (Å²) in [7, 11) is 0. The van der Waals surface area contributed by atoms with Crippen LogP contribution in [0.1, 0.15) is 51.9 Å². The summed E-state index contributed by atoms with van der Waals surface area (Å²) in [5, 5.41) is 3.05. The standard InChI is InChI=1S/C17H30N2O2/c1-11-4-2-3-5-14(11)21-9-8-19-17(20)15-12-6-7-13(10-12)16(15)18/h11-16H,2-10,18H2,1H3,(H,19,20). The van der Waals surface area contributed by atoms with E-state index in [0.717, 1.165) is 6.42 Å². The van der Waals surface area contributed by atoms with Crippen LogP contribution in [0.5, 0.6) is 0 Å². The predicted octanol–water partition coefficient (Wildman–Crippen LogP) is 2.07. The third-order valence-corrected chi connectivity index (χ3v) is 6.05. The third-order valence-electron chi connectivity index (χ3n) is 6.05. The average Bonchev–Trinajstić information content (AvgIpc) is 3.06. The Morgan fingerprint density at radius 1 is 1.19 bits per heavy atom. The van der Waals surface area contributed by atoms with Gasteiger partial charge in [0.1, 0.15) is 0 Å². The highest BCUT2D eigenvalue weighted by atomic mass is 16.5. The van der Waals surface area contributed by atoms with Crippen molar-refractivity contribution in [2.75, 3.05) is 13.2 Å². The molecule has 4 nitrogen and oxygen atoms in total. The highest BCUT2D eigenvalue weighted by Crippen LogP contribution is 2.47. The van der Waals surface area contributed by atoms with Gasteiger partial charge >= 0.3 is 0 Å². The molecule has 3 fully saturated rings. The van der Waals surface area contributed by atoms with E-state index in [1.807, 2.05) is 0 Å². The summed E-state index contributed by atoms with van der Waals surface area (Å²) >= 11 is 0. The molecule has 1 amide bonds. The van der Waals surface area contributed by atoms with Crippen LogP contribution in [0.25, 0.3) is 0 Å². The number of hydrogen-bond acceptors (Lipinski definition) is 3. The summed E-state index contributed by atoms with van der Waals surface area (Å²) in [5.74, 6) is 2.00. The second kappa shape index (κ2) is 6.66. The van der Waals surface area contributed by atoms with Gasteiger partial charge in [-0.25, -0.2) is 0 Å². The molecule has 0 aliphatic heterocycles. The molecule has 2 bridgehead atoms. The third kappa shape index (κ3) is 3.26. The van der Waals surface area contributed by atoms with Gasteiger partial charge in [0, 0.05) is 12.6 Å². The van der Waals surface area contributed by atoms with Gasteiger partial charge in [0.25, 0.3) is 0 Å². The summed E-state index contributed by atoms with van der Waals surface area (Å²) in [6.45, 7) is 3.54. The van der Waals surface area contributed by atoms with Crippen molar-refractivity contribution in [2.24, 2.45) is 29.4 Å². The Kier molecular flexibility index (Phi) is 4.85. The molecule has 3 rings (SSSR count). The SMILES string of the molecule is CC1CCCCC1OCCNC(=O)C1C2CCC(C2)C1N. The van der Waals surface area contributed by atoms with Crippen LogP contribution in [0, 0.1) is 23.7 Å². The molecule has 4 heteroatoms. The zero-order chi connectivity index (χ0) is 14.8. The molecule has 0 radical (unpaired) electrons. The van der Waals surface area contributed by atoms with Crippen LogP contribution in [0.2, 0.25) is 0 Å². The van der Waals surface area contributed by atoms with E-state index in [-0.39, 0.29) is 17.9 Å². The number of fused-ring (bicyclic) bond motifs is 2. The number of carbonyl (C=O) groups excluding carboxylic acids is 1. The van der Waals surface area contributed by atoms with Crippen LogP contribution in [0.3, 0.4) is 0 Å². The fourth-order valence-corrected chi connectivity index (χ4v) is 4.76. The normalized spacial score (nSPS) is 42.2. The van der Waals surface area contributed by atoms with E-state index in [2.05, 4.69) is 12.2 Å². The molecule has 3 aliphatic carbocycles. The van der Waals surface area contributed by atoms with E-state index < -0.39 is 0 Å². The smallest absolute Gasteiger partial charge is 0.225 e. The molecule has 0 aromatic heterocycles. The fraction of sp³-hybridized carbons (Fsp3) is 0.941. The molecule has 3 aliphatic rings. The molecule has 6 unspecified atom stereocenters. The molecule has 3 N–H and O–H groups in total. The van der Waals surface area contributed by atoms with Crippen LogP contribution in [0.15, 0.2) is 0 Å². The average molecular weight is 294 g/mol. The Morgan fingerprint density at radius 2 is 1.95 bits per heavy atom. The highest BCUT2D eigenvalue weighted by molar-refractivity contribution is 5.80. The summed E-state index contributed by atoms with van der Waals surface area (Å²) in [6, 6.07) is 0.0861. The molecular formula is C17H30N2O2. The van der Waals surface area contributed by atoms with E-state index in [4.69, 9.17) is 10.5 Å². The number of nitrogens with two attached hydrogens (primary N) is 1. The number of rotatable bonds is 5. The summed E-state index contributed by atoms with van der Waals surface area (Å²) < 4.78 is 5.95. The number of amides is 1. The Bertz CT molecular complexity index is 372. The Balaban J connectivity index is 1.36. The van der Waals surface area contributed by atoms with Crippen LogP contribution in [-0.4, -0.2) is 31.2 Å². The molecular weight excluding hydrogens is 264 g/mol. The molecule has 0 spiro atoms. The fourth-order valence-electron chi connectivity index (χ4n) is 4.76. The Labute approximate surface area is 128 Å². The molecule has 120 valence electrons. The van der Waals surface area contributed by atoms with Crippen molar-refractivity contribution in [3.63, 3.8) is 0 Å². The summed E-state index contributed by atoms with van der Waals surface area (Å²) in [5.41, 5.74) is 6.21. The number of carbonyl (C=O) groups is 1. The molecule has 21 heavy (non-hydrogen) atoms. The van der Waals surface area contributed by atoms with Crippen molar-refractivity contribution in [3.05, 3.63) is 0 Å². The molecule has 6 atom stereocenters. The number of nitrogens with one attached hydrogen (secondary N) is 1.